The van der Waals surface area contributed by atoms with Crippen LogP contribution in [0.4, 0.5) is 5.69 Å². The van der Waals surface area contributed by atoms with Gasteiger partial charge in [-0.05, 0) is 56.5 Å². The van der Waals surface area contributed by atoms with Gasteiger partial charge in [0.2, 0.25) is 11.8 Å². The van der Waals surface area contributed by atoms with E-state index in [2.05, 4.69) is 46.2 Å². The van der Waals surface area contributed by atoms with E-state index in [4.69, 9.17) is 0 Å². The Morgan fingerprint density at radius 2 is 1.50 bits per heavy atom. The number of nitrogens with zero attached hydrogens (tertiary/aromatic N) is 3. The molecular weight excluding hydrogens is 442 g/mol. The topological polar surface area (TPSA) is 43.9 Å². The van der Waals surface area contributed by atoms with E-state index in [1.165, 1.54) is 23.3 Å². The zero-order valence-electron chi connectivity index (χ0n) is 19.9. The number of carbonyl (C=O) groups is 2. The van der Waals surface area contributed by atoms with Gasteiger partial charge in [-0.15, -0.1) is 11.8 Å². The number of rotatable bonds is 4. The maximum absolute atomic E-state index is 13.7. The predicted molar refractivity (Wildman–Crippen MR) is 138 cm³/mol. The highest BCUT2D eigenvalue weighted by Crippen LogP contribution is 2.43. The van der Waals surface area contributed by atoms with Gasteiger partial charge >= 0.3 is 0 Å². The summed E-state index contributed by atoms with van der Waals surface area (Å²) < 4.78 is 0. The maximum Gasteiger partial charge on any atom is 0.241 e. The standard InChI is InChI=1S/C28H35N3O2S/c32-27(20-29-18-14-23(15-19-29)28(33)30-16-8-1-2-9-17-30)31-24-12-6-7-13-26(24)34-21-25(31)22-10-4-3-5-11-22/h3-7,10-13,23,25H,1-2,8-9,14-21H2/t25-/m1/s1. The van der Waals surface area contributed by atoms with Crippen LogP contribution in [0.5, 0.6) is 0 Å². The molecule has 0 N–H and O–H groups in total. The lowest BCUT2D eigenvalue weighted by molar-refractivity contribution is -0.137. The zero-order chi connectivity index (χ0) is 23.3. The Labute approximate surface area is 207 Å². The number of likely N-dealkylation sites (tertiary alicyclic amines) is 2. The van der Waals surface area contributed by atoms with Crippen molar-refractivity contribution in [3.05, 3.63) is 60.2 Å². The van der Waals surface area contributed by atoms with Crippen LogP contribution in [0.1, 0.15) is 50.1 Å². The predicted octanol–water partition coefficient (Wildman–Crippen LogP) is 4.98. The van der Waals surface area contributed by atoms with Gasteiger partial charge in [-0.2, -0.15) is 0 Å². The number of benzene rings is 2. The number of amides is 2. The minimum absolute atomic E-state index is 0.0377. The van der Waals surface area contributed by atoms with Crippen LogP contribution in [0.3, 0.4) is 0 Å². The van der Waals surface area contributed by atoms with E-state index in [0.717, 1.165) is 63.3 Å². The second kappa shape index (κ2) is 11.0. The van der Waals surface area contributed by atoms with Crippen LogP contribution in [-0.4, -0.2) is 60.1 Å². The van der Waals surface area contributed by atoms with Gasteiger partial charge in [-0.1, -0.05) is 55.3 Å². The van der Waals surface area contributed by atoms with Crippen molar-refractivity contribution in [3.8, 4) is 0 Å². The highest BCUT2D eigenvalue weighted by atomic mass is 32.2. The number of hydrogen-bond donors (Lipinski definition) is 0. The molecule has 0 bridgehead atoms. The third-order valence-electron chi connectivity index (χ3n) is 7.50. The van der Waals surface area contributed by atoms with E-state index in [0.29, 0.717) is 12.5 Å². The van der Waals surface area contributed by atoms with E-state index < -0.39 is 0 Å². The van der Waals surface area contributed by atoms with Crippen molar-refractivity contribution in [1.82, 2.24) is 9.80 Å². The number of anilines is 1. The Balaban J connectivity index is 1.24. The molecule has 3 aliphatic heterocycles. The van der Waals surface area contributed by atoms with Crippen LogP contribution in [0.25, 0.3) is 0 Å². The van der Waals surface area contributed by atoms with Crippen LogP contribution >= 0.6 is 11.8 Å². The SMILES string of the molecule is O=C(C1CCN(CC(=O)N2c3ccccc3SC[C@@H]2c2ccccc2)CC1)N1CCCCCC1. The average Bonchev–Trinajstić information content (AvgIpc) is 3.18. The summed E-state index contributed by atoms with van der Waals surface area (Å²) >= 11 is 1.83. The monoisotopic (exact) mass is 477 g/mol. The van der Waals surface area contributed by atoms with Crippen molar-refractivity contribution >= 4 is 29.3 Å². The summed E-state index contributed by atoms with van der Waals surface area (Å²) in [7, 11) is 0. The molecule has 0 aromatic heterocycles. The number of thioether (sulfide) groups is 1. The number of fused-ring (bicyclic) bond motifs is 1. The molecule has 0 saturated carbocycles. The molecule has 2 aromatic carbocycles. The molecule has 6 heteroatoms. The quantitative estimate of drug-likeness (QED) is 0.623. The molecule has 0 aliphatic carbocycles. The molecule has 3 heterocycles. The normalized spacial score (nSPS) is 22.2. The fourth-order valence-electron chi connectivity index (χ4n) is 5.57. The Morgan fingerprint density at radius 1 is 0.824 bits per heavy atom. The lowest BCUT2D eigenvalue weighted by Crippen LogP contribution is -2.48. The van der Waals surface area contributed by atoms with E-state index in [-0.39, 0.29) is 17.9 Å². The molecule has 5 nitrogen and oxygen atoms in total. The van der Waals surface area contributed by atoms with Crippen LogP contribution in [0.2, 0.25) is 0 Å². The molecule has 0 radical (unpaired) electrons. The van der Waals surface area contributed by atoms with Gasteiger partial charge < -0.3 is 9.80 Å². The van der Waals surface area contributed by atoms with Crippen LogP contribution in [-0.2, 0) is 9.59 Å². The van der Waals surface area contributed by atoms with E-state index in [9.17, 15) is 9.59 Å². The molecule has 5 rings (SSSR count). The first kappa shape index (κ1) is 23.4. The van der Waals surface area contributed by atoms with E-state index in [1.54, 1.807) is 0 Å². The Kier molecular flexibility index (Phi) is 7.55. The van der Waals surface area contributed by atoms with Crippen molar-refractivity contribution < 1.29 is 9.59 Å². The van der Waals surface area contributed by atoms with E-state index >= 15 is 0 Å². The van der Waals surface area contributed by atoms with Crippen molar-refractivity contribution in [1.29, 1.82) is 0 Å². The van der Waals surface area contributed by atoms with Crippen molar-refractivity contribution in [3.63, 3.8) is 0 Å². The molecule has 0 spiro atoms. The molecule has 2 saturated heterocycles. The third-order valence-corrected chi connectivity index (χ3v) is 8.64. The first-order valence-corrected chi connectivity index (χ1v) is 13.8. The van der Waals surface area contributed by atoms with Crippen molar-refractivity contribution in [2.24, 2.45) is 5.92 Å². The second-order valence-electron chi connectivity index (χ2n) is 9.76. The lowest BCUT2D eigenvalue weighted by Gasteiger charge is -2.39. The van der Waals surface area contributed by atoms with Crippen molar-refractivity contribution in [2.45, 2.75) is 49.5 Å². The highest BCUT2D eigenvalue weighted by Gasteiger charge is 2.35. The summed E-state index contributed by atoms with van der Waals surface area (Å²) in [6.07, 6.45) is 6.47. The van der Waals surface area contributed by atoms with E-state index in [1.807, 2.05) is 34.9 Å². The summed E-state index contributed by atoms with van der Waals surface area (Å²) in [6.45, 7) is 3.88. The van der Waals surface area contributed by atoms with Gasteiger partial charge in [0.15, 0.2) is 0 Å². The third kappa shape index (κ3) is 5.18. The largest absolute Gasteiger partial charge is 0.342 e. The Morgan fingerprint density at radius 3 is 2.24 bits per heavy atom. The Bertz CT molecular complexity index is 982. The van der Waals surface area contributed by atoms with Crippen LogP contribution in [0, 0.1) is 5.92 Å². The first-order chi connectivity index (χ1) is 16.7. The fraction of sp³-hybridized carbons (Fsp3) is 0.500. The minimum Gasteiger partial charge on any atom is -0.342 e. The van der Waals surface area contributed by atoms with Gasteiger partial charge in [0, 0.05) is 29.7 Å². The smallest absolute Gasteiger partial charge is 0.241 e. The van der Waals surface area contributed by atoms with Gasteiger partial charge in [0.25, 0.3) is 0 Å². The number of hydrogen-bond acceptors (Lipinski definition) is 4. The molecule has 2 amide bonds. The molecule has 180 valence electrons. The zero-order valence-corrected chi connectivity index (χ0v) is 20.7. The molecule has 34 heavy (non-hydrogen) atoms. The number of piperidine rings is 1. The molecule has 0 unspecified atom stereocenters. The molecular formula is C28H35N3O2S. The lowest BCUT2D eigenvalue weighted by atomic mass is 9.95. The summed E-state index contributed by atoms with van der Waals surface area (Å²) in [6, 6.07) is 18.7. The summed E-state index contributed by atoms with van der Waals surface area (Å²) in [5.41, 5.74) is 2.20. The number of para-hydroxylation sites is 1. The van der Waals surface area contributed by atoms with Gasteiger partial charge in [-0.25, -0.2) is 0 Å². The van der Waals surface area contributed by atoms with Crippen LogP contribution < -0.4 is 4.90 Å². The average molecular weight is 478 g/mol. The summed E-state index contributed by atoms with van der Waals surface area (Å²) in [4.78, 5) is 34.3. The van der Waals surface area contributed by atoms with Gasteiger partial charge in [0.1, 0.15) is 0 Å². The van der Waals surface area contributed by atoms with Crippen LogP contribution in [0.15, 0.2) is 59.5 Å². The molecule has 1 atom stereocenters. The minimum atomic E-state index is 0.0377. The summed E-state index contributed by atoms with van der Waals surface area (Å²) in [5, 5.41) is 0. The summed E-state index contributed by atoms with van der Waals surface area (Å²) in [5.74, 6) is 1.48. The maximum atomic E-state index is 13.7. The second-order valence-corrected chi connectivity index (χ2v) is 10.8. The van der Waals surface area contributed by atoms with Gasteiger partial charge in [-0.3, -0.25) is 14.5 Å². The first-order valence-electron chi connectivity index (χ1n) is 12.8. The highest BCUT2D eigenvalue weighted by molar-refractivity contribution is 7.99. The molecule has 2 aromatic rings. The van der Waals surface area contributed by atoms with Gasteiger partial charge in [0.05, 0.1) is 18.3 Å². The molecule has 3 aliphatic rings. The Hall–Kier alpha value is -2.31. The molecule has 2 fully saturated rings. The van der Waals surface area contributed by atoms with Crippen molar-refractivity contribution in [2.75, 3.05) is 43.4 Å². The number of carbonyl (C=O) groups excluding carboxylic acids is 2. The fourth-order valence-corrected chi connectivity index (χ4v) is 6.74.